The molecule has 1 unspecified atom stereocenters. The van der Waals surface area contributed by atoms with Gasteiger partial charge in [-0.15, -0.1) is 0 Å². The van der Waals surface area contributed by atoms with E-state index in [2.05, 4.69) is 26.1 Å². The molecule has 1 atom stereocenters. The molecular weight excluding hydrogens is 328 g/mol. The third-order valence-corrected chi connectivity index (χ3v) is 5.54. The Labute approximate surface area is 144 Å². The lowest BCUT2D eigenvalue weighted by Gasteiger charge is -2.24. The fourth-order valence-electron chi connectivity index (χ4n) is 2.89. The smallest absolute Gasteiger partial charge is 0.242 e. The number of rotatable bonds is 4. The Morgan fingerprint density at radius 2 is 2.00 bits per heavy atom. The third kappa shape index (κ3) is 4.08. The van der Waals surface area contributed by atoms with E-state index in [1.165, 1.54) is 4.31 Å². The van der Waals surface area contributed by atoms with Crippen molar-refractivity contribution in [3.05, 3.63) is 23.8 Å². The van der Waals surface area contributed by atoms with Crippen LogP contribution in [0.1, 0.15) is 39.2 Å². The van der Waals surface area contributed by atoms with Crippen LogP contribution in [0, 0.1) is 0 Å². The van der Waals surface area contributed by atoms with Crippen LogP contribution in [0.4, 0.5) is 5.69 Å². The van der Waals surface area contributed by atoms with E-state index in [0.717, 1.165) is 11.8 Å². The second kappa shape index (κ2) is 6.72. The molecule has 0 aromatic heterocycles. The van der Waals surface area contributed by atoms with Gasteiger partial charge in [-0.25, -0.2) is 8.42 Å². The molecule has 1 N–H and O–H groups in total. The first-order chi connectivity index (χ1) is 11.0. The lowest BCUT2D eigenvalue weighted by atomic mass is 9.87. The van der Waals surface area contributed by atoms with Crippen LogP contribution in [-0.4, -0.2) is 44.6 Å². The molecule has 1 aromatic carbocycles. The molecular formula is C17H26N2O4S. The Hall–Kier alpha value is -1.60. The van der Waals surface area contributed by atoms with Gasteiger partial charge in [0.1, 0.15) is 11.8 Å². The lowest BCUT2D eigenvalue weighted by molar-refractivity contribution is -0.119. The van der Waals surface area contributed by atoms with Crippen LogP contribution in [0.25, 0.3) is 0 Å². The number of benzene rings is 1. The molecule has 0 saturated carbocycles. The van der Waals surface area contributed by atoms with Crippen molar-refractivity contribution in [1.29, 1.82) is 0 Å². The highest BCUT2D eigenvalue weighted by Crippen LogP contribution is 2.32. The van der Waals surface area contributed by atoms with Gasteiger partial charge in [0.15, 0.2) is 0 Å². The molecule has 1 fully saturated rings. The fraction of sp³-hybridized carbons (Fsp3) is 0.588. The number of hydrogen-bond acceptors (Lipinski definition) is 4. The summed E-state index contributed by atoms with van der Waals surface area (Å²) in [6.07, 6.45) is 2.35. The van der Waals surface area contributed by atoms with Crippen molar-refractivity contribution in [2.24, 2.45) is 0 Å². The number of ether oxygens (including phenoxy) is 1. The van der Waals surface area contributed by atoms with E-state index >= 15 is 0 Å². The highest BCUT2D eigenvalue weighted by molar-refractivity contribution is 7.88. The second-order valence-electron chi connectivity index (χ2n) is 7.19. The Morgan fingerprint density at radius 1 is 1.33 bits per heavy atom. The van der Waals surface area contributed by atoms with Gasteiger partial charge in [-0.05, 0) is 36.0 Å². The van der Waals surface area contributed by atoms with Gasteiger partial charge in [0, 0.05) is 6.54 Å². The van der Waals surface area contributed by atoms with Crippen LogP contribution in [0.3, 0.4) is 0 Å². The van der Waals surface area contributed by atoms with Crippen LogP contribution in [0.2, 0.25) is 0 Å². The molecule has 0 spiro atoms. The molecule has 1 aliphatic rings. The molecule has 1 saturated heterocycles. The van der Waals surface area contributed by atoms with Gasteiger partial charge in [0.2, 0.25) is 15.9 Å². The van der Waals surface area contributed by atoms with Crippen molar-refractivity contribution >= 4 is 21.6 Å². The number of anilines is 1. The Balaban J connectivity index is 2.28. The van der Waals surface area contributed by atoms with E-state index in [9.17, 15) is 13.2 Å². The van der Waals surface area contributed by atoms with Gasteiger partial charge in [-0.2, -0.15) is 4.31 Å². The number of amides is 1. The normalized spacial score (nSPS) is 19.3. The van der Waals surface area contributed by atoms with Crippen molar-refractivity contribution in [3.8, 4) is 5.75 Å². The number of carbonyl (C=O) groups excluding carboxylic acids is 1. The highest BCUT2D eigenvalue weighted by Gasteiger charge is 2.36. The summed E-state index contributed by atoms with van der Waals surface area (Å²) < 4.78 is 30.3. The van der Waals surface area contributed by atoms with E-state index in [-0.39, 0.29) is 11.3 Å². The molecule has 1 heterocycles. The minimum Gasteiger partial charge on any atom is -0.495 e. The van der Waals surface area contributed by atoms with E-state index in [0.29, 0.717) is 30.8 Å². The zero-order valence-electron chi connectivity index (χ0n) is 14.9. The summed E-state index contributed by atoms with van der Waals surface area (Å²) in [6, 6.07) is 5.01. The number of carbonyl (C=O) groups is 1. The van der Waals surface area contributed by atoms with Gasteiger partial charge in [0.25, 0.3) is 0 Å². The SMILES string of the molecule is COc1ccc(C(C)(C)C)cc1NC(=O)C1CCCN1S(C)(=O)=O. The zero-order valence-corrected chi connectivity index (χ0v) is 15.7. The average Bonchev–Trinajstić information content (AvgIpc) is 2.95. The van der Waals surface area contributed by atoms with E-state index in [1.54, 1.807) is 7.11 Å². The Kier molecular flexibility index (Phi) is 5.25. The minimum atomic E-state index is -3.39. The van der Waals surface area contributed by atoms with E-state index in [1.807, 2.05) is 18.2 Å². The number of sulfonamides is 1. The quantitative estimate of drug-likeness (QED) is 0.900. The summed E-state index contributed by atoms with van der Waals surface area (Å²) in [5.74, 6) is 0.238. The maximum absolute atomic E-state index is 12.6. The van der Waals surface area contributed by atoms with Gasteiger partial charge < -0.3 is 10.1 Å². The predicted molar refractivity (Wildman–Crippen MR) is 94.9 cm³/mol. The molecule has 1 aliphatic heterocycles. The molecule has 6 nitrogen and oxygen atoms in total. The van der Waals surface area contributed by atoms with Crippen LogP contribution in [-0.2, 0) is 20.2 Å². The first-order valence-electron chi connectivity index (χ1n) is 8.00. The first-order valence-corrected chi connectivity index (χ1v) is 9.85. The van der Waals surface area contributed by atoms with Crippen LogP contribution in [0.15, 0.2) is 18.2 Å². The van der Waals surface area contributed by atoms with Crippen molar-refractivity contribution in [2.75, 3.05) is 25.2 Å². The highest BCUT2D eigenvalue weighted by atomic mass is 32.2. The molecule has 0 radical (unpaired) electrons. The standard InChI is InChI=1S/C17H26N2O4S/c1-17(2,3)12-8-9-15(23-4)13(11-12)18-16(20)14-7-6-10-19(14)24(5,21)22/h8-9,11,14H,6-7,10H2,1-5H3,(H,18,20). The van der Waals surface area contributed by atoms with Crippen molar-refractivity contribution < 1.29 is 17.9 Å². The molecule has 0 bridgehead atoms. The summed E-state index contributed by atoms with van der Waals surface area (Å²) in [5.41, 5.74) is 1.55. The topological polar surface area (TPSA) is 75.7 Å². The molecule has 134 valence electrons. The predicted octanol–water partition coefficient (Wildman–Crippen LogP) is 2.36. The van der Waals surface area contributed by atoms with E-state index in [4.69, 9.17) is 4.74 Å². The van der Waals surface area contributed by atoms with Crippen LogP contribution >= 0.6 is 0 Å². The van der Waals surface area contributed by atoms with Crippen LogP contribution in [0.5, 0.6) is 5.75 Å². The Bertz CT molecular complexity index is 723. The molecule has 1 amide bonds. The third-order valence-electron chi connectivity index (χ3n) is 4.26. The fourth-order valence-corrected chi connectivity index (χ4v) is 4.01. The van der Waals surface area contributed by atoms with Gasteiger partial charge in [0.05, 0.1) is 19.1 Å². The summed E-state index contributed by atoms with van der Waals surface area (Å²) in [7, 11) is -1.85. The monoisotopic (exact) mass is 354 g/mol. The number of hydrogen-bond donors (Lipinski definition) is 1. The molecule has 7 heteroatoms. The molecule has 2 rings (SSSR count). The van der Waals surface area contributed by atoms with Crippen molar-refractivity contribution in [2.45, 2.75) is 45.1 Å². The van der Waals surface area contributed by atoms with Gasteiger partial charge in [-0.1, -0.05) is 26.8 Å². The molecule has 0 aliphatic carbocycles. The zero-order chi connectivity index (χ0) is 18.1. The maximum Gasteiger partial charge on any atom is 0.242 e. The summed E-state index contributed by atoms with van der Waals surface area (Å²) in [6.45, 7) is 6.64. The second-order valence-corrected chi connectivity index (χ2v) is 9.12. The average molecular weight is 354 g/mol. The molecule has 24 heavy (non-hydrogen) atoms. The number of methoxy groups -OCH3 is 1. The summed E-state index contributed by atoms with van der Waals surface area (Å²) >= 11 is 0. The number of nitrogens with zero attached hydrogens (tertiary/aromatic N) is 1. The van der Waals surface area contributed by atoms with Crippen LogP contribution < -0.4 is 10.1 Å². The van der Waals surface area contributed by atoms with Gasteiger partial charge >= 0.3 is 0 Å². The first kappa shape index (κ1) is 18.7. The number of nitrogens with one attached hydrogen (secondary N) is 1. The maximum atomic E-state index is 12.6. The van der Waals surface area contributed by atoms with Gasteiger partial charge in [-0.3, -0.25) is 4.79 Å². The lowest BCUT2D eigenvalue weighted by Crippen LogP contribution is -2.42. The van der Waals surface area contributed by atoms with Crippen molar-refractivity contribution in [3.63, 3.8) is 0 Å². The summed E-state index contributed by atoms with van der Waals surface area (Å²) in [4.78, 5) is 12.6. The van der Waals surface area contributed by atoms with Crippen molar-refractivity contribution in [1.82, 2.24) is 4.31 Å². The van der Waals surface area contributed by atoms with E-state index < -0.39 is 16.1 Å². The Morgan fingerprint density at radius 3 is 2.54 bits per heavy atom. The minimum absolute atomic E-state index is 0.0715. The summed E-state index contributed by atoms with van der Waals surface area (Å²) in [5, 5.41) is 2.85. The molecule has 1 aromatic rings. The largest absolute Gasteiger partial charge is 0.495 e.